The molecule has 0 bridgehead atoms. The monoisotopic (exact) mass is 293 g/mol. The predicted octanol–water partition coefficient (Wildman–Crippen LogP) is 3.91. The number of hydrogen-bond acceptors (Lipinski definition) is 3. The summed E-state index contributed by atoms with van der Waals surface area (Å²) in [5.41, 5.74) is 2.27. The van der Waals surface area contributed by atoms with E-state index in [1.54, 1.807) is 11.3 Å². The van der Waals surface area contributed by atoms with Crippen LogP contribution in [0.15, 0.2) is 41.8 Å². The summed E-state index contributed by atoms with van der Waals surface area (Å²) >= 11 is 7.30. The first-order chi connectivity index (χ1) is 9.08. The van der Waals surface area contributed by atoms with Crippen LogP contribution in [0.1, 0.15) is 16.4 Å². The number of nitrogens with zero attached hydrogens (tertiary/aromatic N) is 1. The van der Waals surface area contributed by atoms with Crippen LogP contribution in [0.2, 0.25) is 0 Å². The third-order valence-corrected chi connectivity index (χ3v) is 4.30. The normalized spacial score (nSPS) is 12.2. The predicted molar refractivity (Wildman–Crippen MR) is 82.4 cm³/mol. The molecule has 2 nitrogen and oxygen atoms in total. The Morgan fingerprint density at radius 1 is 1.26 bits per heavy atom. The number of thiophene rings is 1. The highest BCUT2D eigenvalue weighted by Gasteiger charge is 2.20. The van der Waals surface area contributed by atoms with Gasteiger partial charge in [0.05, 0.1) is 5.92 Å². The molecule has 0 saturated carbocycles. The van der Waals surface area contributed by atoms with Gasteiger partial charge in [0.2, 0.25) is 5.24 Å². The largest absolute Gasteiger partial charge is 0.378 e. The number of hydrogen-bond donors (Lipinski definition) is 0. The molecule has 0 spiro atoms. The summed E-state index contributed by atoms with van der Waals surface area (Å²) in [5.74, 6) is -0.244. The minimum absolute atomic E-state index is 0.244. The molecule has 0 aliphatic rings. The Morgan fingerprint density at radius 2 is 1.95 bits per heavy atom. The summed E-state index contributed by atoms with van der Waals surface area (Å²) < 4.78 is 0. The average molecular weight is 294 g/mol. The van der Waals surface area contributed by atoms with Gasteiger partial charge in [-0.2, -0.15) is 0 Å². The lowest BCUT2D eigenvalue weighted by Crippen LogP contribution is -2.10. The number of carbonyl (C=O) groups is 1. The molecule has 0 aliphatic carbocycles. The fourth-order valence-corrected chi connectivity index (χ4v) is 3.03. The van der Waals surface area contributed by atoms with Crippen LogP contribution in [0.3, 0.4) is 0 Å². The van der Waals surface area contributed by atoms with Crippen molar-refractivity contribution in [1.29, 1.82) is 0 Å². The highest BCUT2D eigenvalue weighted by Crippen LogP contribution is 2.28. The molecule has 1 atom stereocenters. The zero-order valence-corrected chi connectivity index (χ0v) is 12.5. The van der Waals surface area contributed by atoms with Gasteiger partial charge in [-0.3, -0.25) is 4.79 Å². The van der Waals surface area contributed by atoms with Crippen molar-refractivity contribution in [3.05, 3.63) is 52.2 Å². The van der Waals surface area contributed by atoms with Gasteiger partial charge in [0, 0.05) is 24.7 Å². The van der Waals surface area contributed by atoms with Gasteiger partial charge in [-0.25, -0.2) is 0 Å². The minimum Gasteiger partial charge on any atom is -0.378 e. The van der Waals surface area contributed by atoms with Crippen molar-refractivity contribution in [3.8, 4) is 0 Å². The SMILES string of the molecule is CN(C)c1ccc(CC(C(=O)Cl)c2cccs2)cc1. The van der Waals surface area contributed by atoms with Gasteiger partial charge < -0.3 is 4.90 Å². The topological polar surface area (TPSA) is 20.3 Å². The Kier molecular flexibility index (Phi) is 4.61. The molecule has 0 aliphatic heterocycles. The van der Waals surface area contributed by atoms with Crippen LogP contribution in [-0.4, -0.2) is 19.3 Å². The molecule has 0 fully saturated rings. The number of anilines is 1. The first-order valence-electron chi connectivity index (χ1n) is 6.07. The van der Waals surface area contributed by atoms with Crippen LogP contribution >= 0.6 is 22.9 Å². The molecule has 2 aromatic rings. The van der Waals surface area contributed by atoms with Gasteiger partial charge in [0.15, 0.2) is 0 Å². The van der Waals surface area contributed by atoms with Crippen molar-refractivity contribution in [2.45, 2.75) is 12.3 Å². The van der Waals surface area contributed by atoms with E-state index in [0.29, 0.717) is 6.42 Å². The second-order valence-corrected chi connectivity index (χ2v) is 5.99. The Morgan fingerprint density at radius 3 is 2.42 bits per heavy atom. The van der Waals surface area contributed by atoms with Gasteiger partial charge in [0.1, 0.15) is 0 Å². The van der Waals surface area contributed by atoms with Crippen molar-refractivity contribution in [2.24, 2.45) is 0 Å². The fraction of sp³-hybridized carbons (Fsp3) is 0.267. The molecule has 100 valence electrons. The number of rotatable bonds is 5. The average Bonchev–Trinajstić information content (AvgIpc) is 2.89. The molecule has 0 saturated heterocycles. The second kappa shape index (κ2) is 6.22. The third-order valence-electron chi connectivity index (χ3n) is 3.05. The van der Waals surface area contributed by atoms with Crippen LogP contribution in [0.5, 0.6) is 0 Å². The van der Waals surface area contributed by atoms with Crippen LogP contribution < -0.4 is 4.90 Å². The molecular weight excluding hydrogens is 278 g/mol. The maximum absolute atomic E-state index is 11.6. The quantitative estimate of drug-likeness (QED) is 0.779. The molecule has 0 radical (unpaired) electrons. The minimum atomic E-state index is -0.292. The Hall–Kier alpha value is -1.32. The molecule has 1 aromatic carbocycles. The molecule has 4 heteroatoms. The summed E-state index contributed by atoms with van der Waals surface area (Å²) in [6, 6.07) is 12.1. The van der Waals surface area contributed by atoms with E-state index in [0.717, 1.165) is 16.1 Å². The van der Waals surface area contributed by atoms with Crippen LogP contribution in [0, 0.1) is 0 Å². The summed E-state index contributed by atoms with van der Waals surface area (Å²) in [7, 11) is 4.01. The fourth-order valence-electron chi connectivity index (χ4n) is 1.95. The molecular formula is C15H16ClNOS. The van der Waals surface area contributed by atoms with Crippen molar-refractivity contribution in [3.63, 3.8) is 0 Å². The first-order valence-corrected chi connectivity index (χ1v) is 7.32. The van der Waals surface area contributed by atoms with Crippen LogP contribution in [0.25, 0.3) is 0 Å². The summed E-state index contributed by atoms with van der Waals surface area (Å²) in [6.45, 7) is 0. The standard InChI is InChI=1S/C15H16ClNOS/c1-17(2)12-7-5-11(6-8-12)10-13(15(16)18)14-4-3-9-19-14/h3-9,13H,10H2,1-2H3. The zero-order valence-electron chi connectivity index (χ0n) is 11.0. The van der Waals surface area contributed by atoms with Crippen LogP contribution in [0.4, 0.5) is 5.69 Å². The molecule has 2 rings (SSSR count). The zero-order chi connectivity index (χ0) is 13.8. The second-order valence-electron chi connectivity index (χ2n) is 4.64. The van der Waals surface area contributed by atoms with Crippen molar-refractivity contribution in [1.82, 2.24) is 0 Å². The Labute approximate surface area is 122 Å². The van der Waals surface area contributed by atoms with Gasteiger partial charge in [-0.1, -0.05) is 18.2 Å². The highest BCUT2D eigenvalue weighted by atomic mass is 35.5. The van der Waals surface area contributed by atoms with Crippen LogP contribution in [-0.2, 0) is 11.2 Å². The Balaban J connectivity index is 2.16. The summed E-state index contributed by atoms with van der Waals surface area (Å²) in [4.78, 5) is 14.7. The molecule has 0 amide bonds. The maximum atomic E-state index is 11.6. The van der Waals surface area contributed by atoms with E-state index in [9.17, 15) is 4.79 Å². The van der Waals surface area contributed by atoms with Crippen molar-refractivity contribution >= 4 is 33.9 Å². The van der Waals surface area contributed by atoms with E-state index in [1.165, 1.54) is 0 Å². The Bertz CT molecular complexity index is 534. The van der Waals surface area contributed by atoms with Gasteiger partial charge in [-0.15, -0.1) is 11.3 Å². The van der Waals surface area contributed by atoms with Gasteiger partial charge >= 0.3 is 0 Å². The lowest BCUT2D eigenvalue weighted by molar-refractivity contribution is -0.112. The number of benzene rings is 1. The third kappa shape index (κ3) is 3.58. The van der Waals surface area contributed by atoms with Crippen molar-refractivity contribution < 1.29 is 4.79 Å². The molecule has 1 heterocycles. The van der Waals surface area contributed by atoms with E-state index in [-0.39, 0.29) is 11.2 Å². The van der Waals surface area contributed by atoms with E-state index in [2.05, 4.69) is 24.3 Å². The molecule has 1 unspecified atom stereocenters. The summed E-state index contributed by atoms with van der Waals surface area (Å²) in [5, 5.41) is 1.68. The lowest BCUT2D eigenvalue weighted by atomic mass is 9.99. The maximum Gasteiger partial charge on any atom is 0.230 e. The highest BCUT2D eigenvalue weighted by molar-refractivity contribution is 7.10. The molecule has 1 aromatic heterocycles. The smallest absolute Gasteiger partial charge is 0.230 e. The van der Waals surface area contributed by atoms with Gasteiger partial charge in [0.25, 0.3) is 0 Å². The number of halogens is 1. The van der Waals surface area contributed by atoms with E-state index >= 15 is 0 Å². The number of carbonyl (C=O) groups excluding carboxylic acids is 1. The van der Waals surface area contributed by atoms with E-state index in [1.807, 2.05) is 36.5 Å². The first kappa shape index (κ1) is 14.1. The molecule has 19 heavy (non-hydrogen) atoms. The summed E-state index contributed by atoms with van der Waals surface area (Å²) in [6.07, 6.45) is 0.649. The van der Waals surface area contributed by atoms with Crippen molar-refractivity contribution in [2.75, 3.05) is 19.0 Å². The van der Waals surface area contributed by atoms with E-state index in [4.69, 9.17) is 11.6 Å². The van der Waals surface area contributed by atoms with E-state index < -0.39 is 0 Å². The molecule has 0 N–H and O–H groups in total. The lowest BCUT2D eigenvalue weighted by Gasteiger charge is -2.14. The van der Waals surface area contributed by atoms with Gasteiger partial charge in [-0.05, 0) is 47.2 Å².